The molecule has 2 aromatic heterocycles. The highest BCUT2D eigenvalue weighted by molar-refractivity contribution is 5.79. The first-order valence-electron chi connectivity index (χ1n) is 9.46. The Morgan fingerprint density at radius 2 is 2.07 bits per heavy atom. The predicted molar refractivity (Wildman–Crippen MR) is 110 cm³/mol. The Hall–Kier alpha value is -3.33. The summed E-state index contributed by atoms with van der Waals surface area (Å²) in [5, 5.41) is 23.8. The lowest BCUT2D eigenvalue weighted by Crippen LogP contribution is -2.37. The van der Waals surface area contributed by atoms with Crippen molar-refractivity contribution in [1.82, 2.24) is 25.2 Å². The number of ether oxygens (including phenoxy) is 2. The molecule has 29 heavy (non-hydrogen) atoms. The van der Waals surface area contributed by atoms with Gasteiger partial charge in [0, 0.05) is 12.7 Å². The van der Waals surface area contributed by atoms with Crippen LogP contribution in [0.25, 0.3) is 5.65 Å². The first kappa shape index (κ1) is 20.4. The number of rotatable bonds is 9. The highest BCUT2D eigenvalue weighted by Crippen LogP contribution is 2.28. The molecule has 0 unspecified atom stereocenters. The van der Waals surface area contributed by atoms with E-state index >= 15 is 0 Å². The molecule has 3 N–H and O–H groups in total. The Morgan fingerprint density at radius 1 is 1.17 bits per heavy atom. The number of fused-ring (bicyclic) bond motifs is 1. The minimum atomic E-state index is -0.0474. The molecule has 0 fully saturated rings. The zero-order chi connectivity index (χ0) is 20.5. The average Bonchev–Trinajstić information content (AvgIpc) is 3.17. The van der Waals surface area contributed by atoms with Gasteiger partial charge in [0.15, 0.2) is 28.9 Å². The van der Waals surface area contributed by atoms with E-state index in [1.54, 1.807) is 7.11 Å². The van der Waals surface area contributed by atoms with Crippen LogP contribution in [0, 0.1) is 0 Å². The fourth-order valence-corrected chi connectivity index (χ4v) is 2.77. The van der Waals surface area contributed by atoms with Gasteiger partial charge in [-0.2, -0.15) is 0 Å². The van der Waals surface area contributed by atoms with Crippen LogP contribution in [-0.2, 0) is 13.1 Å². The van der Waals surface area contributed by atoms with Crippen molar-refractivity contribution in [2.75, 3.05) is 26.9 Å². The lowest BCUT2D eigenvalue weighted by atomic mass is 10.2. The summed E-state index contributed by atoms with van der Waals surface area (Å²) in [6.07, 6.45) is 1.93. The Balaban J connectivity index is 1.67. The van der Waals surface area contributed by atoms with Crippen molar-refractivity contribution in [2.24, 2.45) is 4.99 Å². The van der Waals surface area contributed by atoms with Crippen molar-refractivity contribution in [3.8, 4) is 11.5 Å². The van der Waals surface area contributed by atoms with Gasteiger partial charge in [0.2, 0.25) is 0 Å². The van der Waals surface area contributed by atoms with Gasteiger partial charge in [0.05, 0.1) is 26.8 Å². The van der Waals surface area contributed by atoms with Gasteiger partial charge >= 0.3 is 0 Å². The van der Waals surface area contributed by atoms with Crippen molar-refractivity contribution < 1.29 is 14.6 Å². The van der Waals surface area contributed by atoms with Crippen molar-refractivity contribution >= 4 is 11.6 Å². The van der Waals surface area contributed by atoms with Crippen LogP contribution < -0.4 is 20.1 Å². The largest absolute Gasteiger partial charge is 0.493 e. The molecule has 0 spiro atoms. The standard InChI is InChI=1S/C20H26N6O3/c1-3-21-20(23-14-19-25-24-18-6-4-5-9-26(18)19)22-13-15-7-8-16(29-11-10-27)17(12-15)28-2/h4-9,12,27H,3,10-11,13-14H2,1-2H3,(H2,21,22,23). The molecule has 3 aromatic rings. The third-order valence-electron chi connectivity index (χ3n) is 4.14. The van der Waals surface area contributed by atoms with E-state index in [1.807, 2.05) is 53.9 Å². The van der Waals surface area contributed by atoms with Crippen LogP contribution in [0.5, 0.6) is 11.5 Å². The Morgan fingerprint density at radius 3 is 2.86 bits per heavy atom. The maximum Gasteiger partial charge on any atom is 0.191 e. The molecule has 0 radical (unpaired) electrons. The molecule has 0 amide bonds. The normalized spacial score (nSPS) is 11.5. The first-order chi connectivity index (χ1) is 14.2. The Labute approximate surface area is 169 Å². The molecular formula is C20H26N6O3. The molecule has 0 aliphatic heterocycles. The number of nitrogens with one attached hydrogen (secondary N) is 2. The second kappa shape index (κ2) is 10.3. The molecule has 3 rings (SSSR count). The molecule has 154 valence electrons. The number of nitrogens with zero attached hydrogens (tertiary/aromatic N) is 4. The number of aliphatic hydroxyl groups is 1. The van der Waals surface area contributed by atoms with E-state index in [0.29, 0.717) is 30.5 Å². The molecule has 0 aliphatic rings. The second-order valence-electron chi connectivity index (χ2n) is 6.15. The predicted octanol–water partition coefficient (Wildman–Crippen LogP) is 1.36. The molecule has 9 heteroatoms. The summed E-state index contributed by atoms with van der Waals surface area (Å²) in [4.78, 5) is 4.63. The van der Waals surface area contributed by atoms with Gasteiger partial charge in [-0.15, -0.1) is 10.2 Å². The summed E-state index contributed by atoms with van der Waals surface area (Å²) in [5.74, 6) is 2.69. The van der Waals surface area contributed by atoms with Crippen LogP contribution in [0.3, 0.4) is 0 Å². The number of aromatic nitrogens is 3. The van der Waals surface area contributed by atoms with Crippen molar-refractivity contribution in [2.45, 2.75) is 20.0 Å². The van der Waals surface area contributed by atoms with Gasteiger partial charge in [-0.05, 0) is 36.8 Å². The number of hydrogen-bond acceptors (Lipinski definition) is 6. The monoisotopic (exact) mass is 398 g/mol. The molecule has 2 heterocycles. The van der Waals surface area contributed by atoms with E-state index in [9.17, 15) is 0 Å². The molecule has 1 aromatic carbocycles. The van der Waals surface area contributed by atoms with Gasteiger partial charge in [0.1, 0.15) is 6.61 Å². The number of hydrogen-bond donors (Lipinski definition) is 3. The van der Waals surface area contributed by atoms with Gasteiger partial charge in [0.25, 0.3) is 0 Å². The molecule has 0 saturated heterocycles. The van der Waals surface area contributed by atoms with E-state index < -0.39 is 0 Å². The first-order valence-corrected chi connectivity index (χ1v) is 9.46. The molecule has 9 nitrogen and oxygen atoms in total. The van der Waals surface area contributed by atoms with Gasteiger partial charge < -0.3 is 25.2 Å². The topological polar surface area (TPSA) is 105 Å². The zero-order valence-electron chi connectivity index (χ0n) is 16.6. The number of methoxy groups -OCH3 is 1. The van der Waals surface area contributed by atoms with Crippen LogP contribution in [-0.4, -0.2) is 52.5 Å². The molecule has 0 saturated carbocycles. The van der Waals surface area contributed by atoms with Gasteiger partial charge in [-0.3, -0.25) is 4.40 Å². The van der Waals surface area contributed by atoms with Crippen LogP contribution >= 0.6 is 0 Å². The summed E-state index contributed by atoms with van der Waals surface area (Å²) in [6.45, 7) is 3.89. The highest BCUT2D eigenvalue weighted by atomic mass is 16.5. The summed E-state index contributed by atoms with van der Waals surface area (Å²) in [5.41, 5.74) is 1.78. The maximum atomic E-state index is 8.91. The zero-order valence-corrected chi connectivity index (χ0v) is 16.6. The summed E-state index contributed by atoms with van der Waals surface area (Å²) < 4.78 is 12.8. The molecule has 0 bridgehead atoms. The number of aliphatic imine (C=N–C) groups is 1. The number of aliphatic hydroxyl groups excluding tert-OH is 1. The summed E-state index contributed by atoms with van der Waals surface area (Å²) >= 11 is 0. The SMILES string of the molecule is CCNC(=NCc1ccc(OCCO)c(OC)c1)NCc1nnc2ccccn12. The maximum absolute atomic E-state index is 8.91. The van der Waals surface area contributed by atoms with Crippen molar-refractivity contribution in [1.29, 1.82) is 0 Å². The van der Waals surface area contributed by atoms with Crippen molar-refractivity contribution in [3.05, 3.63) is 54.0 Å². The van der Waals surface area contributed by atoms with E-state index in [2.05, 4.69) is 25.8 Å². The number of guanidine groups is 1. The van der Waals surface area contributed by atoms with Gasteiger partial charge in [-0.1, -0.05) is 12.1 Å². The van der Waals surface area contributed by atoms with E-state index in [4.69, 9.17) is 14.6 Å². The fourth-order valence-electron chi connectivity index (χ4n) is 2.77. The number of benzene rings is 1. The third-order valence-corrected chi connectivity index (χ3v) is 4.14. The van der Waals surface area contributed by atoms with E-state index in [1.165, 1.54) is 0 Å². The fraction of sp³-hybridized carbons (Fsp3) is 0.350. The van der Waals surface area contributed by atoms with Gasteiger partial charge in [-0.25, -0.2) is 4.99 Å². The van der Waals surface area contributed by atoms with Crippen LogP contribution in [0.4, 0.5) is 0 Å². The smallest absolute Gasteiger partial charge is 0.191 e. The third kappa shape index (κ3) is 5.35. The van der Waals surface area contributed by atoms with Crippen molar-refractivity contribution in [3.63, 3.8) is 0 Å². The average molecular weight is 398 g/mol. The van der Waals surface area contributed by atoms with E-state index in [0.717, 1.165) is 23.6 Å². The van der Waals surface area contributed by atoms with Crippen LogP contribution in [0.1, 0.15) is 18.3 Å². The minimum Gasteiger partial charge on any atom is -0.493 e. The summed E-state index contributed by atoms with van der Waals surface area (Å²) in [6, 6.07) is 11.4. The lowest BCUT2D eigenvalue weighted by Gasteiger charge is -2.12. The van der Waals surface area contributed by atoms with E-state index in [-0.39, 0.29) is 13.2 Å². The summed E-state index contributed by atoms with van der Waals surface area (Å²) in [7, 11) is 1.59. The molecule has 0 atom stereocenters. The number of pyridine rings is 1. The highest BCUT2D eigenvalue weighted by Gasteiger charge is 2.08. The quantitative estimate of drug-likeness (QED) is 0.369. The minimum absolute atomic E-state index is 0.0474. The molecular weight excluding hydrogens is 372 g/mol. The molecule has 0 aliphatic carbocycles. The second-order valence-corrected chi connectivity index (χ2v) is 6.15. The Bertz CT molecular complexity index is 956. The van der Waals surface area contributed by atoms with Crippen LogP contribution in [0.15, 0.2) is 47.6 Å². The van der Waals surface area contributed by atoms with Crippen LogP contribution in [0.2, 0.25) is 0 Å². The Kier molecular flexibility index (Phi) is 7.23. The lowest BCUT2D eigenvalue weighted by molar-refractivity contribution is 0.196.